The van der Waals surface area contributed by atoms with Gasteiger partial charge in [0.2, 0.25) is 5.91 Å². The summed E-state index contributed by atoms with van der Waals surface area (Å²) in [5.74, 6) is 0.0477. The summed E-state index contributed by atoms with van der Waals surface area (Å²) in [4.78, 5) is 34.1. The number of hydrogen-bond donors (Lipinski definition) is 1. The van der Waals surface area contributed by atoms with Gasteiger partial charge < -0.3 is 24.3 Å². The molecule has 2 amide bonds. The van der Waals surface area contributed by atoms with E-state index in [1.54, 1.807) is 25.4 Å². The molecule has 1 N–H and O–H groups in total. The van der Waals surface area contributed by atoms with Crippen molar-refractivity contribution in [3.63, 3.8) is 0 Å². The highest BCUT2D eigenvalue weighted by Crippen LogP contribution is 2.28. The number of thiazole rings is 1. The fraction of sp³-hybridized carbons (Fsp3) is 0.318. The molecule has 0 aliphatic carbocycles. The molecule has 0 saturated carbocycles. The van der Waals surface area contributed by atoms with Gasteiger partial charge in [0.25, 0.3) is 5.91 Å². The normalized spacial score (nSPS) is 13.8. The largest absolute Gasteiger partial charge is 0.462 e. The zero-order valence-corrected chi connectivity index (χ0v) is 18.3. The lowest BCUT2D eigenvalue weighted by molar-refractivity contribution is -0.116. The second kappa shape index (κ2) is 9.32. The molecule has 0 radical (unpaired) electrons. The Morgan fingerprint density at radius 3 is 2.61 bits per heavy atom. The maximum atomic E-state index is 12.8. The maximum Gasteiger partial charge on any atom is 0.273 e. The topological polar surface area (TPSA) is 87.9 Å². The van der Waals surface area contributed by atoms with E-state index in [0.29, 0.717) is 22.1 Å². The van der Waals surface area contributed by atoms with E-state index in [9.17, 15) is 9.59 Å². The molecule has 162 valence electrons. The number of anilines is 2. The Labute approximate surface area is 184 Å². The van der Waals surface area contributed by atoms with Gasteiger partial charge in [0.05, 0.1) is 26.0 Å². The molecule has 0 spiro atoms. The highest BCUT2D eigenvalue weighted by atomic mass is 32.1. The number of amides is 2. The lowest BCUT2D eigenvalue weighted by Crippen LogP contribution is -2.36. The first-order valence-electron chi connectivity index (χ1n) is 10.0. The number of ether oxygens (including phenoxy) is 1. The Bertz CT molecular complexity index is 1040. The van der Waals surface area contributed by atoms with E-state index in [0.717, 1.165) is 36.9 Å². The number of morpholine rings is 1. The number of furan rings is 1. The van der Waals surface area contributed by atoms with Crippen LogP contribution in [0.4, 0.5) is 11.4 Å². The molecule has 1 fully saturated rings. The number of likely N-dealkylation sites (N-methyl/N-ethyl adjacent to an activating group) is 1. The zero-order valence-electron chi connectivity index (χ0n) is 17.5. The molecular weight excluding hydrogens is 416 g/mol. The molecule has 0 unspecified atom stereocenters. The Kier molecular flexibility index (Phi) is 6.34. The number of benzene rings is 1. The second-order valence-corrected chi connectivity index (χ2v) is 8.46. The second-order valence-electron chi connectivity index (χ2n) is 7.26. The number of rotatable bonds is 6. The van der Waals surface area contributed by atoms with Crippen LogP contribution in [-0.4, -0.2) is 61.6 Å². The van der Waals surface area contributed by atoms with Crippen molar-refractivity contribution in [2.75, 3.05) is 50.1 Å². The predicted octanol–water partition coefficient (Wildman–Crippen LogP) is 3.26. The summed E-state index contributed by atoms with van der Waals surface area (Å²) < 4.78 is 10.7. The van der Waals surface area contributed by atoms with E-state index < -0.39 is 0 Å². The molecule has 9 heteroatoms. The van der Waals surface area contributed by atoms with Gasteiger partial charge in [-0.25, -0.2) is 4.98 Å². The van der Waals surface area contributed by atoms with Crippen molar-refractivity contribution in [3.05, 3.63) is 53.2 Å². The van der Waals surface area contributed by atoms with Crippen molar-refractivity contribution >= 4 is 34.5 Å². The van der Waals surface area contributed by atoms with E-state index in [4.69, 9.17) is 9.15 Å². The van der Waals surface area contributed by atoms with Gasteiger partial charge in [0.1, 0.15) is 5.69 Å². The number of carbonyl (C=O) groups is 2. The van der Waals surface area contributed by atoms with Gasteiger partial charge >= 0.3 is 0 Å². The molecule has 1 saturated heterocycles. The Hall–Kier alpha value is -3.17. The number of aromatic nitrogens is 1. The Balaban J connectivity index is 1.34. The van der Waals surface area contributed by atoms with Crippen LogP contribution in [0.2, 0.25) is 0 Å². The minimum Gasteiger partial charge on any atom is -0.462 e. The molecule has 8 nitrogen and oxygen atoms in total. The smallest absolute Gasteiger partial charge is 0.273 e. The van der Waals surface area contributed by atoms with Crippen molar-refractivity contribution in [2.45, 2.75) is 6.92 Å². The summed E-state index contributed by atoms with van der Waals surface area (Å²) in [6.45, 7) is 4.92. The lowest BCUT2D eigenvalue weighted by atomic mass is 10.2. The monoisotopic (exact) mass is 440 g/mol. The molecule has 31 heavy (non-hydrogen) atoms. The van der Waals surface area contributed by atoms with Gasteiger partial charge in [-0.2, -0.15) is 0 Å². The molecule has 1 aliphatic rings. The van der Waals surface area contributed by atoms with Crippen LogP contribution in [0.3, 0.4) is 0 Å². The van der Waals surface area contributed by atoms with E-state index in [1.807, 2.05) is 31.2 Å². The van der Waals surface area contributed by atoms with Crippen molar-refractivity contribution in [2.24, 2.45) is 0 Å². The first kappa shape index (κ1) is 21.1. The van der Waals surface area contributed by atoms with Gasteiger partial charge in [-0.3, -0.25) is 9.59 Å². The molecule has 0 atom stereocenters. The van der Waals surface area contributed by atoms with E-state index in [-0.39, 0.29) is 18.4 Å². The maximum absolute atomic E-state index is 12.8. The average molecular weight is 441 g/mol. The Morgan fingerprint density at radius 2 is 1.94 bits per heavy atom. The van der Waals surface area contributed by atoms with Crippen LogP contribution in [0.25, 0.3) is 10.8 Å². The molecular formula is C22H24N4O4S. The molecule has 1 aliphatic heterocycles. The number of aryl methyl sites for hydroxylation is 1. The van der Waals surface area contributed by atoms with Crippen molar-refractivity contribution in [1.82, 2.24) is 9.88 Å². The van der Waals surface area contributed by atoms with Gasteiger partial charge in [-0.05, 0) is 43.3 Å². The van der Waals surface area contributed by atoms with Crippen LogP contribution in [0.5, 0.6) is 0 Å². The number of carbonyl (C=O) groups excluding carboxylic acids is 2. The van der Waals surface area contributed by atoms with Gasteiger partial charge in [0, 0.05) is 36.4 Å². The molecule has 0 bridgehead atoms. The summed E-state index contributed by atoms with van der Waals surface area (Å²) in [6.07, 6.45) is 1.57. The molecule has 1 aromatic carbocycles. The van der Waals surface area contributed by atoms with Gasteiger partial charge in [-0.15, -0.1) is 11.3 Å². The number of hydrogen-bond acceptors (Lipinski definition) is 7. The van der Waals surface area contributed by atoms with Crippen LogP contribution in [0.15, 0.2) is 47.1 Å². The number of nitrogens with zero attached hydrogens (tertiary/aromatic N) is 3. The average Bonchev–Trinajstić information content (AvgIpc) is 3.44. The fourth-order valence-electron chi connectivity index (χ4n) is 3.35. The lowest BCUT2D eigenvalue weighted by Gasteiger charge is -2.28. The third-order valence-corrected chi connectivity index (χ3v) is 5.97. The third-order valence-electron chi connectivity index (χ3n) is 4.99. The Morgan fingerprint density at radius 1 is 1.19 bits per heavy atom. The van der Waals surface area contributed by atoms with Crippen LogP contribution < -0.4 is 10.2 Å². The van der Waals surface area contributed by atoms with E-state index in [1.165, 1.54) is 16.2 Å². The zero-order chi connectivity index (χ0) is 21.8. The predicted molar refractivity (Wildman–Crippen MR) is 120 cm³/mol. The highest BCUT2D eigenvalue weighted by Gasteiger charge is 2.22. The summed E-state index contributed by atoms with van der Waals surface area (Å²) >= 11 is 1.39. The summed E-state index contributed by atoms with van der Waals surface area (Å²) in [5, 5.41) is 3.49. The SMILES string of the molecule is Cc1sc(-c2ccco2)nc1C(=O)N(C)CC(=O)Nc1ccc(N2CCOCC2)cc1. The first-order chi connectivity index (χ1) is 15.0. The summed E-state index contributed by atoms with van der Waals surface area (Å²) in [5.41, 5.74) is 2.12. The van der Waals surface area contributed by atoms with Gasteiger partial charge in [-0.1, -0.05) is 0 Å². The van der Waals surface area contributed by atoms with Crippen molar-refractivity contribution in [3.8, 4) is 10.8 Å². The van der Waals surface area contributed by atoms with E-state index >= 15 is 0 Å². The first-order valence-corrected chi connectivity index (χ1v) is 10.8. The number of nitrogens with one attached hydrogen (secondary N) is 1. The van der Waals surface area contributed by atoms with Gasteiger partial charge in [0.15, 0.2) is 10.8 Å². The van der Waals surface area contributed by atoms with Crippen molar-refractivity contribution in [1.29, 1.82) is 0 Å². The van der Waals surface area contributed by atoms with Crippen LogP contribution >= 0.6 is 11.3 Å². The molecule has 4 rings (SSSR count). The molecule has 3 heterocycles. The minimum absolute atomic E-state index is 0.0723. The molecule has 2 aromatic heterocycles. The highest BCUT2D eigenvalue weighted by molar-refractivity contribution is 7.15. The summed E-state index contributed by atoms with van der Waals surface area (Å²) in [6, 6.07) is 11.3. The third kappa shape index (κ3) is 4.95. The fourth-order valence-corrected chi connectivity index (χ4v) is 4.22. The van der Waals surface area contributed by atoms with Crippen LogP contribution in [-0.2, 0) is 9.53 Å². The standard InChI is InChI=1S/C22H24N4O4S/c1-15-20(24-21(31-15)18-4-3-11-30-18)22(28)25(2)14-19(27)23-16-5-7-17(8-6-16)26-9-12-29-13-10-26/h3-8,11H,9-10,12-14H2,1-2H3,(H,23,27). The minimum atomic E-state index is -0.302. The van der Waals surface area contributed by atoms with Crippen LogP contribution in [0, 0.1) is 6.92 Å². The summed E-state index contributed by atoms with van der Waals surface area (Å²) in [7, 11) is 1.59. The molecule has 3 aromatic rings. The van der Waals surface area contributed by atoms with E-state index in [2.05, 4.69) is 15.2 Å². The quantitative estimate of drug-likeness (QED) is 0.633. The van der Waals surface area contributed by atoms with Crippen molar-refractivity contribution < 1.29 is 18.7 Å². The van der Waals surface area contributed by atoms with Crippen LogP contribution in [0.1, 0.15) is 15.4 Å².